The van der Waals surface area contributed by atoms with Gasteiger partial charge in [-0.2, -0.15) is 0 Å². The molecular formula is C5H7Br2NRu. The molecule has 0 aliphatic rings. The molecule has 0 aromatic carbocycles. The quantitative estimate of drug-likeness (QED) is 0.755. The van der Waals surface area contributed by atoms with Gasteiger partial charge in [-0.25, -0.2) is 0 Å². The van der Waals surface area contributed by atoms with Crippen LogP contribution < -0.4 is 4.29 Å². The van der Waals surface area contributed by atoms with E-state index >= 15 is 0 Å². The molecule has 0 spiro atoms. The Morgan fingerprint density at radius 3 is 2.44 bits per heavy atom. The van der Waals surface area contributed by atoms with Crippen molar-refractivity contribution >= 4 is 31.5 Å². The van der Waals surface area contributed by atoms with Crippen molar-refractivity contribution in [3.8, 4) is 0 Å². The molecule has 0 bridgehead atoms. The van der Waals surface area contributed by atoms with Crippen LogP contribution >= 0.6 is 27.2 Å². The fourth-order valence-electron chi connectivity index (χ4n) is 0.497. The first-order valence-electron chi connectivity index (χ1n) is 2.29. The van der Waals surface area contributed by atoms with Gasteiger partial charge in [-0.1, -0.05) is 0 Å². The second-order valence-electron chi connectivity index (χ2n) is 1.63. The molecule has 1 aromatic heterocycles. The van der Waals surface area contributed by atoms with Gasteiger partial charge in [0.15, 0.2) is 0 Å². The Balaban J connectivity index is 2.90. The van der Waals surface area contributed by atoms with E-state index in [-0.39, 0.29) is 0 Å². The van der Waals surface area contributed by atoms with E-state index in [4.69, 9.17) is 0 Å². The number of hydrogen-bond donors (Lipinski definition) is 1. The molecule has 0 aliphatic heterocycles. The number of aromatic nitrogens is 1. The third-order valence-corrected chi connectivity index (χ3v) is 6.65. The zero-order valence-electron chi connectivity index (χ0n) is 4.84. The van der Waals surface area contributed by atoms with Crippen LogP contribution in [-0.4, -0.2) is 4.98 Å². The zero-order chi connectivity index (χ0) is 6.91. The first-order valence-corrected chi connectivity index (χ1v) is 12.8. The van der Waals surface area contributed by atoms with Crippen LogP contribution in [0.4, 0.5) is 0 Å². The monoisotopic (exact) mass is 341 g/mol. The maximum atomic E-state index is 3.62. The molecule has 0 saturated heterocycles. The molecule has 1 N–H and O–H groups in total. The first-order chi connectivity index (χ1) is 4.11. The van der Waals surface area contributed by atoms with E-state index in [1.165, 1.54) is 4.29 Å². The number of aromatic amines is 1. The predicted octanol–water partition coefficient (Wildman–Crippen LogP) is 2.46. The average Bonchev–Trinajstić information content (AvgIpc) is 2.08. The van der Waals surface area contributed by atoms with Crippen LogP contribution in [0.25, 0.3) is 0 Å². The molecule has 0 radical (unpaired) electrons. The Hall–Kier alpha value is 0.863. The molecule has 0 atom stereocenters. The Kier molecular flexibility index (Phi) is 2.52. The molecule has 1 nitrogen and oxygen atoms in total. The summed E-state index contributed by atoms with van der Waals surface area (Å²) in [6, 6.07) is 4.10. The average molecular weight is 342 g/mol. The first kappa shape index (κ1) is 7.96. The molecule has 4 heteroatoms. The summed E-state index contributed by atoms with van der Waals surface area (Å²) in [5, 5.41) is 0. The van der Waals surface area contributed by atoms with Gasteiger partial charge >= 0.3 is 71.2 Å². The third-order valence-electron chi connectivity index (χ3n) is 0.887. The van der Waals surface area contributed by atoms with Crippen molar-refractivity contribution in [1.82, 2.24) is 4.98 Å². The van der Waals surface area contributed by atoms with E-state index in [1.54, 1.807) is 0 Å². The number of halogens is 2. The van der Waals surface area contributed by atoms with Gasteiger partial charge in [0.05, 0.1) is 0 Å². The second-order valence-corrected chi connectivity index (χ2v) is 23.4. The number of hydrogen-bond acceptors (Lipinski definition) is 0. The van der Waals surface area contributed by atoms with Gasteiger partial charge in [0.25, 0.3) is 0 Å². The minimum absolute atomic E-state index is 1.30. The predicted molar refractivity (Wildman–Crippen MR) is 44.1 cm³/mol. The molecule has 9 heavy (non-hydrogen) atoms. The molecule has 1 heterocycles. The number of rotatable bonds is 1. The molecule has 0 amide bonds. The van der Waals surface area contributed by atoms with Gasteiger partial charge in [-0.15, -0.1) is 0 Å². The maximum absolute atomic E-state index is 3.62. The van der Waals surface area contributed by atoms with Crippen molar-refractivity contribution in [2.45, 2.75) is 5.52 Å². The van der Waals surface area contributed by atoms with Gasteiger partial charge in [-0.05, 0) is 0 Å². The minimum atomic E-state index is -1.70. The molecular weight excluding hydrogens is 335 g/mol. The zero-order valence-corrected chi connectivity index (χ0v) is 9.75. The van der Waals surface area contributed by atoms with E-state index in [1.807, 2.05) is 12.3 Å². The summed E-state index contributed by atoms with van der Waals surface area (Å²) in [6.07, 6.45) is 1.94. The summed E-state index contributed by atoms with van der Waals surface area (Å²) < 4.78 is 1.30. The molecule has 0 aliphatic carbocycles. The van der Waals surface area contributed by atoms with Gasteiger partial charge < -0.3 is 0 Å². The van der Waals surface area contributed by atoms with Crippen LogP contribution in [0.3, 0.4) is 0 Å². The van der Waals surface area contributed by atoms with Crippen LogP contribution in [0.1, 0.15) is 0 Å². The summed E-state index contributed by atoms with van der Waals surface area (Å²) in [5.74, 6) is 0. The molecule has 1 rings (SSSR count). The van der Waals surface area contributed by atoms with Crippen LogP contribution in [0.5, 0.6) is 0 Å². The second kappa shape index (κ2) is 2.85. The normalized spacial score (nSPS) is 13.7. The third kappa shape index (κ3) is 2.17. The summed E-state index contributed by atoms with van der Waals surface area (Å²) in [6.45, 7) is 0. The van der Waals surface area contributed by atoms with Gasteiger partial charge in [0.2, 0.25) is 0 Å². The Morgan fingerprint density at radius 2 is 2.22 bits per heavy atom. The van der Waals surface area contributed by atoms with Crippen molar-refractivity contribution in [3.05, 3.63) is 18.3 Å². The summed E-state index contributed by atoms with van der Waals surface area (Å²) in [7, 11) is -1.70. The molecule has 54 valence electrons. The fourth-order valence-corrected chi connectivity index (χ4v) is 3.82. The van der Waals surface area contributed by atoms with E-state index in [2.05, 4.69) is 43.8 Å². The van der Waals surface area contributed by atoms with Crippen molar-refractivity contribution < 1.29 is 10.9 Å². The molecule has 1 aromatic rings. The van der Waals surface area contributed by atoms with Gasteiger partial charge in [-0.3, -0.25) is 0 Å². The number of H-pyrrole nitrogens is 1. The van der Waals surface area contributed by atoms with E-state index in [0.717, 1.165) is 0 Å². The molecule has 0 unspecified atom stereocenters. The number of nitrogens with one attached hydrogen (secondary N) is 1. The van der Waals surface area contributed by atoms with Crippen molar-refractivity contribution in [3.63, 3.8) is 0 Å². The Morgan fingerprint density at radius 1 is 1.56 bits per heavy atom. The van der Waals surface area contributed by atoms with Crippen molar-refractivity contribution in [2.24, 2.45) is 0 Å². The van der Waals surface area contributed by atoms with Crippen molar-refractivity contribution in [1.29, 1.82) is 0 Å². The van der Waals surface area contributed by atoms with Crippen LogP contribution in [0.15, 0.2) is 18.3 Å². The Labute approximate surface area is 70.8 Å². The fraction of sp³-hybridized carbons (Fsp3) is 0.200. The van der Waals surface area contributed by atoms with E-state index < -0.39 is 10.9 Å². The van der Waals surface area contributed by atoms with E-state index in [0.29, 0.717) is 0 Å². The Bertz CT molecular complexity index is 177. The molecule has 0 fully saturated rings. The van der Waals surface area contributed by atoms with E-state index in [9.17, 15) is 0 Å². The topological polar surface area (TPSA) is 15.8 Å². The van der Waals surface area contributed by atoms with Crippen LogP contribution in [-0.2, 0) is 10.9 Å². The SMILES string of the molecule is [CH3][Ru]([Br])([Br])[c]1ccc[nH]1. The van der Waals surface area contributed by atoms with Gasteiger partial charge in [0, 0.05) is 0 Å². The summed E-state index contributed by atoms with van der Waals surface area (Å²) in [4.78, 5) is 3.16. The van der Waals surface area contributed by atoms with Crippen LogP contribution in [0.2, 0.25) is 5.52 Å². The molecule has 0 saturated carbocycles. The standard InChI is InChI=1S/C4H4N.CH3.2BrH.Ru/c1-2-4-5-3-1;;;;/h1-3,5H;1H3;2*1H;/q;;;;+2/p-2. The van der Waals surface area contributed by atoms with Crippen LogP contribution in [0, 0.1) is 0 Å². The summed E-state index contributed by atoms with van der Waals surface area (Å²) in [5.41, 5.74) is 2.20. The van der Waals surface area contributed by atoms with Crippen molar-refractivity contribution in [2.75, 3.05) is 0 Å². The summed E-state index contributed by atoms with van der Waals surface area (Å²) >= 11 is 7.24. The van der Waals surface area contributed by atoms with Gasteiger partial charge in [0.1, 0.15) is 0 Å².